The Morgan fingerprint density at radius 1 is 0.958 bits per heavy atom. The summed E-state index contributed by atoms with van der Waals surface area (Å²) < 4.78 is 33.1. The summed E-state index contributed by atoms with van der Waals surface area (Å²) in [6.45, 7) is 3.35. The maximum Gasteiger partial charge on any atom is 0.201 e. The molecule has 0 aliphatic heterocycles. The summed E-state index contributed by atoms with van der Waals surface area (Å²) in [6.07, 6.45) is 5.58. The zero-order valence-electron chi connectivity index (χ0n) is 13.3. The van der Waals surface area contributed by atoms with Gasteiger partial charge in [-0.3, -0.25) is 0 Å². The molecule has 2 aromatic carbocycles. The Labute approximate surface area is 146 Å². The summed E-state index contributed by atoms with van der Waals surface area (Å²) in [5.41, 5.74) is 2.14. The topological polar surface area (TPSA) is 9.23 Å². The molecule has 126 valence electrons. The van der Waals surface area contributed by atoms with Crippen LogP contribution < -0.4 is 4.74 Å². The van der Waals surface area contributed by atoms with Gasteiger partial charge in [0, 0.05) is 10.8 Å². The van der Waals surface area contributed by atoms with Gasteiger partial charge in [0.2, 0.25) is 5.82 Å². The van der Waals surface area contributed by atoms with Crippen molar-refractivity contribution in [1.29, 1.82) is 0 Å². The molecule has 4 heteroatoms. The number of ether oxygens (including phenoxy) is 1. The number of halogens is 2. The van der Waals surface area contributed by atoms with E-state index in [4.69, 9.17) is 4.74 Å². The Morgan fingerprint density at radius 2 is 1.62 bits per heavy atom. The van der Waals surface area contributed by atoms with Crippen LogP contribution in [0.3, 0.4) is 0 Å². The lowest BCUT2D eigenvalue weighted by Crippen LogP contribution is -2.12. The Balaban J connectivity index is 1.83. The first-order valence-electron chi connectivity index (χ1n) is 8.14. The lowest BCUT2D eigenvalue weighted by Gasteiger charge is -2.26. The third-order valence-electron chi connectivity index (χ3n) is 4.65. The SMILES string of the molecule is C=COc1ccc(-c2ccc(C3CCC(S)CC3)cc2)c(F)c1F. The minimum Gasteiger partial charge on any atom is -0.462 e. The first-order chi connectivity index (χ1) is 11.6. The minimum atomic E-state index is -0.997. The number of hydrogen-bond acceptors (Lipinski definition) is 2. The van der Waals surface area contributed by atoms with E-state index in [0.29, 0.717) is 16.7 Å². The molecule has 0 aromatic heterocycles. The molecule has 0 saturated heterocycles. The molecule has 2 aromatic rings. The number of rotatable bonds is 4. The molecule has 0 heterocycles. The minimum absolute atomic E-state index is 0.161. The Hall–Kier alpha value is -1.81. The third-order valence-corrected chi connectivity index (χ3v) is 5.16. The first-order valence-corrected chi connectivity index (χ1v) is 8.65. The molecular weight excluding hydrogens is 326 g/mol. The van der Waals surface area contributed by atoms with Crippen LogP contribution in [0.2, 0.25) is 0 Å². The van der Waals surface area contributed by atoms with E-state index >= 15 is 0 Å². The van der Waals surface area contributed by atoms with Crippen molar-refractivity contribution in [2.24, 2.45) is 0 Å². The summed E-state index contributed by atoms with van der Waals surface area (Å²) in [5, 5.41) is 0.508. The largest absolute Gasteiger partial charge is 0.462 e. The van der Waals surface area contributed by atoms with Gasteiger partial charge in [0.25, 0.3) is 0 Å². The zero-order valence-corrected chi connectivity index (χ0v) is 14.2. The maximum absolute atomic E-state index is 14.3. The van der Waals surface area contributed by atoms with Crippen molar-refractivity contribution in [3.05, 3.63) is 66.4 Å². The maximum atomic E-state index is 14.3. The molecule has 1 aliphatic rings. The van der Waals surface area contributed by atoms with Gasteiger partial charge in [-0.2, -0.15) is 17.0 Å². The van der Waals surface area contributed by atoms with E-state index in [2.05, 4.69) is 19.2 Å². The van der Waals surface area contributed by atoms with E-state index in [-0.39, 0.29) is 11.3 Å². The highest BCUT2D eigenvalue weighted by molar-refractivity contribution is 7.80. The molecule has 0 amide bonds. The quantitative estimate of drug-likeness (QED) is 0.519. The van der Waals surface area contributed by atoms with E-state index in [1.54, 1.807) is 0 Å². The van der Waals surface area contributed by atoms with Crippen molar-refractivity contribution < 1.29 is 13.5 Å². The molecule has 24 heavy (non-hydrogen) atoms. The summed E-state index contributed by atoms with van der Waals surface area (Å²) >= 11 is 4.53. The van der Waals surface area contributed by atoms with Crippen LogP contribution in [-0.4, -0.2) is 5.25 Å². The molecule has 1 nitrogen and oxygen atoms in total. The molecule has 0 bridgehead atoms. The predicted molar refractivity (Wildman–Crippen MR) is 96.6 cm³/mol. The predicted octanol–water partition coefficient (Wildman–Crippen LogP) is 6.11. The summed E-state index contributed by atoms with van der Waals surface area (Å²) in [6, 6.07) is 10.7. The lowest BCUT2D eigenvalue weighted by molar-refractivity contribution is 0.417. The molecule has 1 fully saturated rings. The van der Waals surface area contributed by atoms with Crippen LogP contribution in [0.25, 0.3) is 11.1 Å². The van der Waals surface area contributed by atoms with Gasteiger partial charge in [0.1, 0.15) is 0 Å². The van der Waals surface area contributed by atoms with Crippen LogP contribution in [-0.2, 0) is 0 Å². The van der Waals surface area contributed by atoms with Crippen molar-refractivity contribution in [3.63, 3.8) is 0 Å². The van der Waals surface area contributed by atoms with Crippen LogP contribution in [0.15, 0.2) is 49.2 Å². The van der Waals surface area contributed by atoms with Gasteiger partial charge in [0.05, 0.1) is 6.26 Å². The van der Waals surface area contributed by atoms with Gasteiger partial charge in [-0.25, -0.2) is 4.39 Å². The fraction of sp³-hybridized carbons (Fsp3) is 0.300. The number of benzene rings is 2. The van der Waals surface area contributed by atoms with Crippen LogP contribution in [0.5, 0.6) is 5.75 Å². The average molecular weight is 346 g/mol. The van der Waals surface area contributed by atoms with E-state index < -0.39 is 11.6 Å². The van der Waals surface area contributed by atoms with Gasteiger partial charge in [0.15, 0.2) is 11.6 Å². The molecule has 0 N–H and O–H groups in total. The smallest absolute Gasteiger partial charge is 0.201 e. The van der Waals surface area contributed by atoms with E-state index in [1.807, 2.05) is 24.3 Å². The lowest BCUT2D eigenvalue weighted by atomic mass is 9.83. The Kier molecular flexibility index (Phi) is 5.24. The van der Waals surface area contributed by atoms with Gasteiger partial charge in [-0.05, 0) is 54.9 Å². The Morgan fingerprint density at radius 3 is 2.25 bits per heavy atom. The molecule has 3 rings (SSSR count). The number of thiol groups is 1. The molecule has 1 saturated carbocycles. The Bertz CT molecular complexity index is 719. The highest BCUT2D eigenvalue weighted by Gasteiger charge is 2.20. The standard InChI is InChI=1S/C20H20F2OS/c1-2-23-18-12-11-17(19(21)20(18)22)15-5-3-13(4-6-15)14-7-9-16(24)10-8-14/h2-6,11-12,14,16,24H,1,7-10H2. The van der Waals surface area contributed by atoms with Gasteiger partial charge in [-0.15, -0.1) is 0 Å². The van der Waals surface area contributed by atoms with Crippen LogP contribution in [0.4, 0.5) is 8.78 Å². The molecule has 0 radical (unpaired) electrons. The summed E-state index contributed by atoms with van der Waals surface area (Å²) in [7, 11) is 0. The van der Waals surface area contributed by atoms with E-state index in [9.17, 15) is 8.78 Å². The van der Waals surface area contributed by atoms with Crippen molar-refractivity contribution in [1.82, 2.24) is 0 Å². The normalized spacial score (nSPS) is 20.6. The summed E-state index contributed by atoms with van der Waals surface area (Å²) in [5.74, 6) is -1.53. The van der Waals surface area contributed by atoms with Crippen LogP contribution in [0.1, 0.15) is 37.2 Å². The zero-order chi connectivity index (χ0) is 17.1. The van der Waals surface area contributed by atoms with Gasteiger partial charge in [-0.1, -0.05) is 30.8 Å². The van der Waals surface area contributed by atoms with Crippen molar-refractivity contribution >= 4 is 12.6 Å². The van der Waals surface area contributed by atoms with Gasteiger partial charge < -0.3 is 4.74 Å². The molecular formula is C20H20F2OS. The van der Waals surface area contributed by atoms with Crippen LogP contribution >= 0.6 is 12.6 Å². The second-order valence-electron chi connectivity index (χ2n) is 6.15. The second kappa shape index (κ2) is 7.39. The average Bonchev–Trinajstić information content (AvgIpc) is 2.60. The molecule has 0 spiro atoms. The van der Waals surface area contributed by atoms with Crippen molar-refractivity contribution in [2.75, 3.05) is 0 Å². The highest BCUT2D eigenvalue weighted by atomic mass is 32.1. The monoisotopic (exact) mass is 346 g/mol. The fourth-order valence-corrected chi connectivity index (χ4v) is 3.58. The van der Waals surface area contributed by atoms with E-state index in [1.165, 1.54) is 17.7 Å². The van der Waals surface area contributed by atoms with Crippen molar-refractivity contribution in [2.45, 2.75) is 36.9 Å². The molecule has 1 aliphatic carbocycles. The van der Waals surface area contributed by atoms with Crippen LogP contribution in [0, 0.1) is 11.6 Å². The second-order valence-corrected chi connectivity index (χ2v) is 6.88. The van der Waals surface area contributed by atoms with E-state index in [0.717, 1.165) is 31.9 Å². The summed E-state index contributed by atoms with van der Waals surface area (Å²) in [4.78, 5) is 0. The van der Waals surface area contributed by atoms with Gasteiger partial charge >= 0.3 is 0 Å². The molecule has 0 atom stereocenters. The highest BCUT2D eigenvalue weighted by Crippen LogP contribution is 2.36. The fourth-order valence-electron chi connectivity index (χ4n) is 3.28. The number of hydrogen-bond donors (Lipinski definition) is 1. The first kappa shape index (κ1) is 17.0. The third kappa shape index (κ3) is 3.48. The molecule has 0 unspecified atom stereocenters. The van der Waals surface area contributed by atoms with Crippen molar-refractivity contribution in [3.8, 4) is 16.9 Å².